The minimum absolute atomic E-state index is 1.20. The van der Waals surface area contributed by atoms with Crippen molar-refractivity contribution in [1.29, 1.82) is 0 Å². The molecule has 0 nitrogen and oxygen atoms in total. The molecule has 0 heterocycles. The van der Waals surface area contributed by atoms with Crippen LogP contribution in [-0.2, 0) is 0 Å². The van der Waals surface area contributed by atoms with E-state index < -0.39 is 0 Å². The molecule has 0 aromatic rings. The Hall–Kier alpha value is -0.520. The average molecular weight is 210 g/mol. The molecule has 0 bridgehead atoms. The average Bonchev–Trinajstić information content (AvgIpc) is 2.26. The van der Waals surface area contributed by atoms with Crippen molar-refractivity contribution >= 4 is 0 Å². The van der Waals surface area contributed by atoms with Gasteiger partial charge in [0, 0.05) is 0 Å². The van der Waals surface area contributed by atoms with Crippen LogP contribution in [0.4, 0.5) is 0 Å². The Balaban J connectivity index is 0. The van der Waals surface area contributed by atoms with E-state index >= 15 is 0 Å². The molecule has 0 atom stereocenters. The second-order valence-electron chi connectivity index (χ2n) is 3.87. The molecule has 0 radical (unpaired) electrons. The fourth-order valence-corrected chi connectivity index (χ4v) is 1.19. The van der Waals surface area contributed by atoms with Crippen LogP contribution >= 0.6 is 0 Å². The van der Waals surface area contributed by atoms with E-state index in [0.29, 0.717) is 0 Å². The quantitative estimate of drug-likeness (QED) is 0.346. The Morgan fingerprint density at radius 2 is 1.33 bits per heavy atom. The molecule has 0 saturated heterocycles. The minimum atomic E-state index is 1.20. The van der Waals surface area contributed by atoms with Gasteiger partial charge in [0.15, 0.2) is 0 Å². The zero-order valence-electron chi connectivity index (χ0n) is 11.1. The van der Waals surface area contributed by atoms with Crippen molar-refractivity contribution in [2.45, 2.75) is 72.1 Å². The van der Waals surface area contributed by atoms with Gasteiger partial charge in [-0.05, 0) is 6.42 Å². The van der Waals surface area contributed by atoms with E-state index in [1.807, 2.05) is 12.2 Å². The lowest BCUT2D eigenvalue weighted by atomic mass is 10.2. The molecule has 0 saturated carbocycles. The zero-order valence-corrected chi connectivity index (χ0v) is 11.1. The summed E-state index contributed by atoms with van der Waals surface area (Å²) in [4.78, 5) is 0. The van der Waals surface area contributed by atoms with E-state index in [1.165, 1.54) is 51.4 Å². The molecule has 0 heteroatoms. The van der Waals surface area contributed by atoms with Crippen molar-refractivity contribution < 1.29 is 0 Å². The van der Waals surface area contributed by atoms with Gasteiger partial charge in [0.25, 0.3) is 0 Å². The number of unbranched alkanes of at least 4 members (excludes halogenated alkanes) is 6. The van der Waals surface area contributed by atoms with Crippen LogP contribution in [0, 0.1) is 0 Å². The smallest absolute Gasteiger partial charge is 0.0348 e. The van der Waals surface area contributed by atoms with E-state index in [2.05, 4.69) is 33.4 Å². The maximum Gasteiger partial charge on any atom is -0.0348 e. The van der Waals surface area contributed by atoms with E-state index in [1.54, 1.807) is 0 Å². The van der Waals surface area contributed by atoms with Crippen molar-refractivity contribution in [3.05, 3.63) is 24.8 Å². The van der Waals surface area contributed by atoms with Crippen molar-refractivity contribution in [3.8, 4) is 0 Å². The van der Waals surface area contributed by atoms with Gasteiger partial charge in [-0.3, -0.25) is 0 Å². The molecular weight excluding hydrogens is 180 g/mol. The van der Waals surface area contributed by atoms with Crippen LogP contribution < -0.4 is 0 Å². The Morgan fingerprint density at radius 3 is 1.73 bits per heavy atom. The fraction of sp³-hybridized carbons (Fsp3) is 0.733. The Bertz CT molecular complexity index is 118. The molecular formula is C15H30. The highest BCUT2D eigenvalue weighted by Gasteiger charge is 1.80. The van der Waals surface area contributed by atoms with Crippen molar-refractivity contribution in [2.75, 3.05) is 0 Å². The van der Waals surface area contributed by atoms with Crippen LogP contribution in [0.5, 0.6) is 0 Å². The van der Waals surface area contributed by atoms with Crippen LogP contribution in [0.2, 0.25) is 0 Å². The second kappa shape index (κ2) is 19.1. The van der Waals surface area contributed by atoms with Gasteiger partial charge in [-0.2, -0.15) is 0 Å². The third kappa shape index (κ3) is 24.7. The van der Waals surface area contributed by atoms with Crippen LogP contribution in [0.3, 0.4) is 0 Å². The summed E-state index contributed by atoms with van der Waals surface area (Å²) in [6.45, 7) is 10.3. The molecule has 0 unspecified atom stereocenters. The van der Waals surface area contributed by atoms with E-state index in [-0.39, 0.29) is 0 Å². The molecule has 0 aliphatic carbocycles. The van der Waals surface area contributed by atoms with E-state index in [9.17, 15) is 0 Å². The van der Waals surface area contributed by atoms with Gasteiger partial charge < -0.3 is 0 Å². The first-order valence-corrected chi connectivity index (χ1v) is 6.60. The molecule has 0 aromatic heterocycles. The Morgan fingerprint density at radius 1 is 0.800 bits per heavy atom. The van der Waals surface area contributed by atoms with Gasteiger partial charge in [0.2, 0.25) is 0 Å². The third-order valence-electron chi connectivity index (χ3n) is 2.20. The monoisotopic (exact) mass is 210 g/mol. The summed E-state index contributed by atoms with van der Waals surface area (Å²) in [5.74, 6) is 0. The molecule has 0 spiro atoms. The first-order chi connectivity index (χ1) is 7.33. The van der Waals surface area contributed by atoms with Gasteiger partial charge in [-0.25, -0.2) is 0 Å². The van der Waals surface area contributed by atoms with Gasteiger partial charge in [-0.1, -0.05) is 90.5 Å². The predicted octanol–water partition coefficient (Wildman–Crippen LogP) is 5.90. The lowest BCUT2D eigenvalue weighted by Crippen LogP contribution is -1.70. The molecule has 90 valence electrons. The lowest BCUT2D eigenvalue weighted by Gasteiger charge is -1.90. The zero-order chi connectivity index (χ0) is 11.8. The lowest BCUT2D eigenvalue weighted by molar-refractivity contribution is 0.656. The molecule has 0 amide bonds. The van der Waals surface area contributed by atoms with Gasteiger partial charge >= 0.3 is 0 Å². The van der Waals surface area contributed by atoms with E-state index in [4.69, 9.17) is 0 Å². The summed E-state index contributed by atoms with van der Waals surface area (Å²) in [6.07, 6.45) is 16.7. The molecule has 0 aliphatic rings. The minimum Gasteiger partial charge on any atom is -0.0991 e. The molecule has 0 rings (SSSR count). The Kier molecular flexibility index (Phi) is 21.5. The molecule has 0 aliphatic heterocycles. The third-order valence-corrected chi connectivity index (χ3v) is 2.20. The summed E-state index contributed by atoms with van der Waals surface area (Å²) in [7, 11) is 0. The number of rotatable bonds is 8. The summed E-state index contributed by atoms with van der Waals surface area (Å²) >= 11 is 0. The van der Waals surface area contributed by atoms with Crippen LogP contribution in [0.1, 0.15) is 72.1 Å². The van der Waals surface area contributed by atoms with Crippen LogP contribution in [0.15, 0.2) is 24.8 Å². The molecule has 0 aromatic carbocycles. The van der Waals surface area contributed by atoms with Crippen LogP contribution in [-0.4, -0.2) is 0 Å². The van der Waals surface area contributed by atoms with Crippen molar-refractivity contribution in [1.82, 2.24) is 0 Å². The number of hydrogen-bond acceptors (Lipinski definition) is 0. The second-order valence-corrected chi connectivity index (χ2v) is 3.87. The highest BCUT2D eigenvalue weighted by molar-refractivity contribution is 4.96. The first-order valence-electron chi connectivity index (χ1n) is 6.60. The standard InChI is InChI=1S/C8H14.C7H16/c1-3-5-7-8-6-4-2;1-3-5-7-6-4-2/h3,5,7H,1,4,6,8H2,2H3;3-7H2,1-2H3. The Labute approximate surface area is 97.5 Å². The van der Waals surface area contributed by atoms with Crippen LogP contribution in [0.25, 0.3) is 0 Å². The van der Waals surface area contributed by atoms with E-state index in [0.717, 1.165) is 0 Å². The van der Waals surface area contributed by atoms with Gasteiger partial charge in [0.05, 0.1) is 0 Å². The summed E-state index contributed by atoms with van der Waals surface area (Å²) in [5, 5.41) is 0. The highest BCUT2D eigenvalue weighted by Crippen LogP contribution is 2.00. The molecule has 15 heavy (non-hydrogen) atoms. The topological polar surface area (TPSA) is 0 Å². The fourth-order valence-electron chi connectivity index (χ4n) is 1.19. The van der Waals surface area contributed by atoms with Gasteiger partial charge in [0.1, 0.15) is 0 Å². The van der Waals surface area contributed by atoms with Crippen molar-refractivity contribution in [2.24, 2.45) is 0 Å². The number of allylic oxidation sites excluding steroid dienone is 3. The maximum absolute atomic E-state index is 3.57. The molecule has 0 N–H and O–H groups in total. The molecule has 0 fully saturated rings. The largest absolute Gasteiger partial charge is 0.0991 e. The van der Waals surface area contributed by atoms with Gasteiger partial charge in [-0.15, -0.1) is 0 Å². The summed E-state index contributed by atoms with van der Waals surface area (Å²) < 4.78 is 0. The predicted molar refractivity (Wildman–Crippen MR) is 73.3 cm³/mol. The number of hydrogen-bond donors (Lipinski definition) is 0. The SMILES string of the molecule is C=CC=CCCCC.CCCCCCC. The maximum atomic E-state index is 3.57. The summed E-state index contributed by atoms with van der Waals surface area (Å²) in [5.41, 5.74) is 0. The first kappa shape index (κ1) is 16.9. The normalized spacial score (nSPS) is 9.80. The highest BCUT2D eigenvalue weighted by atomic mass is 13.9. The summed E-state index contributed by atoms with van der Waals surface area (Å²) in [6, 6.07) is 0. The van der Waals surface area contributed by atoms with Crippen molar-refractivity contribution in [3.63, 3.8) is 0 Å².